The minimum Gasteiger partial charge on any atom is -0.870 e. The van der Waals surface area contributed by atoms with Gasteiger partial charge < -0.3 is 5.48 Å². The number of rotatable bonds is 0. The third kappa shape index (κ3) is 2.45. The van der Waals surface area contributed by atoms with Crippen LogP contribution < -0.4 is 29.6 Å². The van der Waals surface area contributed by atoms with Crippen molar-refractivity contribution in [1.29, 1.82) is 0 Å². The van der Waals surface area contributed by atoms with E-state index in [2.05, 4.69) is 17.6 Å². The summed E-state index contributed by atoms with van der Waals surface area (Å²) in [6.07, 6.45) is 0. The van der Waals surface area contributed by atoms with Gasteiger partial charge in [0.1, 0.15) is 4.34 Å². The molecule has 12 heavy (non-hydrogen) atoms. The molecule has 0 aliphatic rings. The van der Waals surface area contributed by atoms with Gasteiger partial charge in [-0.2, -0.15) is 0 Å². The first kappa shape index (κ1) is 12.4. The number of nitrogens with zero attached hydrogens (tertiary/aromatic N) is 1. The first-order valence-corrected chi connectivity index (χ1v) is 4.17. The average Bonchev–Trinajstić information content (AvgIpc) is 2.27. The van der Waals surface area contributed by atoms with Crippen molar-refractivity contribution in [3.05, 3.63) is 24.3 Å². The molecule has 1 heterocycles. The molecule has 58 valence electrons. The quantitative estimate of drug-likeness (QED) is 0.463. The predicted molar refractivity (Wildman–Crippen MR) is 48.8 cm³/mol. The Morgan fingerprint density at radius 3 is 2.58 bits per heavy atom. The molecule has 0 spiro atoms. The normalized spacial score (nSPS) is 8.75. The number of thiazole rings is 1. The monoisotopic (exact) mass is 207 g/mol. The first-order valence-electron chi connectivity index (χ1n) is 2.91. The van der Waals surface area contributed by atoms with Gasteiger partial charge in [-0.25, -0.2) is 4.98 Å². The molecular weight excluding hydrogens is 201 g/mol. The van der Waals surface area contributed by atoms with Crippen molar-refractivity contribution < 1.29 is 35.0 Å². The van der Waals surface area contributed by atoms with Crippen molar-refractivity contribution in [2.75, 3.05) is 0 Å². The molecule has 2 aromatic rings. The third-order valence-corrected chi connectivity index (χ3v) is 2.50. The van der Waals surface area contributed by atoms with E-state index in [-0.39, 0.29) is 35.0 Å². The molecule has 0 bridgehead atoms. The van der Waals surface area contributed by atoms with E-state index in [0.717, 1.165) is 9.86 Å². The molecule has 0 aliphatic carbocycles. The summed E-state index contributed by atoms with van der Waals surface area (Å²) in [7, 11) is 0. The van der Waals surface area contributed by atoms with Crippen LogP contribution in [0.5, 0.6) is 0 Å². The van der Waals surface area contributed by atoms with Crippen molar-refractivity contribution in [2.24, 2.45) is 0 Å². The number of para-hydroxylation sites is 1. The van der Waals surface area contributed by atoms with Gasteiger partial charge in [-0.1, -0.05) is 12.1 Å². The molecule has 2 nitrogen and oxygen atoms in total. The fraction of sp³-hybridized carbons (Fsp3) is 0. The van der Waals surface area contributed by atoms with Gasteiger partial charge in [0.25, 0.3) is 0 Å². The van der Waals surface area contributed by atoms with Gasteiger partial charge in [-0.3, -0.25) is 0 Å². The molecular formula is C7H6NNaOS2. The van der Waals surface area contributed by atoms with Crippen molar-refractivity contribution >= 4 is 34.2 Å². The zero-order valence-electron chi connectivity index (χ0n) is 6.56. The Hall–Kier alpha value is 0.420. The second-order valence-electron chi connectivity index (χ2n) is 1.96. The summed E-state index contributed by atoms with van der Waals surface area (Å²) in [4.78, 5) is 4.20. The van der Waals surface area contributed by atoms with Crippen LogP contribution in [-0.2, 0) is 0 Å². The van der Waals surface area contributed by atoms with Gasteiger partial charge in [0, 0.05) is 0 Å². The molecule has 0 amide bonds. The van der Waals surface area contributed by atoms with E-state index in [1.54, 1.807) is 11.3 Å². The Labute approximate surface area is 102 Å². The fourth-order valence-corrected chi connectivity index (χ4v) is 1.97. The van der Waals surface area contributed by atoms with Crippen LogP contribution in [0, 0.1) is 0 Å². The summed E-state index contributed by atoms with van der Waals surface area (Å²) < 4.78 is 2.04. The fourth-order valence-electron chi connectivity index (χ4n) is 0.860. The molecule has 0 unspecified atom stereocenters. The van der Waals surface area contributed by atoms with E-state index in [1.165, 1.54) is 4.70 Å². The zero-order valence-corrected chi connectivity index (χ0v) is 10.3. The number of hydrogen-bond donors (Lipinski definition) is 1. The molecule has 0 saturated carbocycles. The summed E-state index contributed by atoms with van der Waals surface area (Å²) in [5, 5.41) is 0. The van der Waals surface area contributed by atoms with Crippen LogP contribution >= 0.6 is 24.0 Å². The molecule has 1 N–H and O–H groups in total. The minimum absolute atomic E-state index is 0. The second-order valence-corrected chi connectivity index (χ2v) is 3.72. The van der Waals surface area contributed by atoms with Crippen LogP contribution in [0.15, 0.2) is 28.6 Å². The third-order valence-electron chi connectivity index (χ3n) is 1.28. The largest absolute Gasteiger partial charge is 1.00 e. The molecule has 0 aliphatic heterocycles. The van der Waals surface area contributed by atoms with Crippen molar-refractivity contribution in [2.45, 2.75) is 4.34 Å². The zero-order chi connectivity index (χ0) is 6.97. The smallest absolute Gasteiger partial charge is 0.870 e. The summed E-state index contributed by atoms with van der Waals surface area (Å²) in [5.74, 6) is 0. The average molecular weight is 207 g/mol. The summed E-state index contributed by atoms with van der Waals surface area (Å²) in [6, 6.07) is 8.03. The van der Waals surface area contributed by atoms with Crippen LogP contribution in [0.25, 0.3) is 10.2 Å². The number of benzene rings is 1. The van der Waals surface area contributed by atoms with Gasteiger partial charge in [0.05, 0.1) is 10.2 Å². The van der Waals surface area contributed by atoms with E-state index in [1.807, 2.05) is 24.3 Å². The Bertz CT molecular complexity index is 330. The summed E-state index contributed by atoms with van der Waals surface area (Å²) in [5.41, 5.74) is 1.04. The van der Waals surface area contributed by atoms with Gasteiger partial charge >= 0.3 is 29.6 Å². The molecule has 0 atom stereocenters. The standard InChI is InChI=1S/C7H5NS2.Na.H2O/c9-7-8-5-3-1-2-4-6(5)10-7;;/h1-4H,(H,8,9);;1H2/q;+1;/p-1. The minimum atomic E-state index is 0. The maximum absolute atomic E-state index is 4.20. The van der Waals surface area contributed by atoms with E-state index in [0.29, 0.717) is 0 Å². The van der Waals surface area contributed by atoms with Gasteiger partial charge in [-0.05, 0) is 12.1 Å². The molecule has 1 aromatic carbocycles. The van der Waals surface area contributed by atoms with Gasteiger partial charge in [-0.15, -0.1) is 24.0 Å². The van der Waals surface area contributed by atoms with Crippen LogP contribution in [-0.4, -0.2) is 10.5 Å². The van der Waals surface area contributed by atoms with E-state index in [9.17, 15) is 0 Å². The Kier molecular flexibility index (Phi) is 5.40. The number of aromatic nitrogens is 1. The topological polar surface area (TPSA) is 42.9 Å². The van der Waals surface area contributed by atoms with Crippen molar-refractivity contribution in [1.82, 2.24) is 4.98 Å². The number of hydrogen-bond acceptors (Lipinski definition) is 4. The predicted octanol–water partition coefficient (Wildman–Crippen LogP) is -0.588. The van der Waals surface area contributed by atoms with Crippen LogP contribution in [0.4, 0.5) is 0 Å². The molecule has 0 fully saturated rings. The van der Waals surface area contributed by atoms with Crippen molar-refractivity contribution in [3.8, 4) is 0 Å². The molecule has 5 heteroatoms. The van der Waals surface area contributed by atoms with Gasteiger partial charge in [0.2, 0.25) is 0 Å². The number of fused-ring (bicyclic) bond motifs is 1. The SMILES string of the molecule is Sc1nc2ccccc2s1.[Na+].[OH-]. The number of thiol groups is 1. The Balaban J connectivity index is 0.000000605. The first-order chi connectivity index (χ1) is 4.86. The maximum atomic E-state index is 4.20. The van der Waals surface area contributed by atoms with Crippen LogP contribution in [0.2, 0.25) is 0 Å². The molecule has 0 radical (unpaired) electrons. The molecule has 2 rings (SSSR count). The van der Waals surface area contributed by atoms with Crippen LogP contribution in [0.3, 0.4) is 0 Å². The Morgan fingerprint density at radius 1 is 1.25 bits per heavy atom. The molecule has 1 aromatic heterocycles. The van der Waals surface area contributed by atoms with Gasteiger partial charge in [0.15, 0.2) is 0 Å². The van der Waals surface area contributed by atoms with E-state index in [4.69, 9.17) is 0 Å². The van der Waals surface area contributed by atoms with E-state index >= 15 is 0 Å². The van der Waals surface area contributed by atoms with E-state index < -0.39 is 0 Å². The molecule has 0 saturated heterocycles. The second kappa shape index (κ2) is 5.21. The summed E-state index contributed by atoms with van der Waals surface area (Å²) in [6.45, 7) is 0. The van der Waals surface area contributed by atoms with Crippen molar-refractivity contribution in [3.63, 3.8) is 0 Å². The summed E-state index contributed by atoms with van der Waals surface area (Å²) >= 11 is 5.76. The Morgan fingerprint density at radius 2 is 1.92 bits per heavy atom. The van der Waals surface area contributed by atoms with Crippen LogP contribution in [0.1, 0.15) is 0 Å². The maximum Gasteiger partial charge on any atom is 1.00 e.